The molecule has 11 heteroatoms. The van der Waals surface area contributed by atoms with E-state index in [-0.39, 0.29) is 12.2 Å². The number of carbonyl (C=O) groups is 1. The van der Waals surface area contributed by atoms with Gasteiger partial charge >= 0.3 is 12.4 Å². The molecular weight excluding hydrogens is 390 g/mol. The molecule has 0 aromatic heterocycles. The number of benzene rings is 1. The summed E-state index contributed by atoms with van der Waals surface area (Å²) in [7, 11) is 1.17. The molecule has 1 aliphatic rings. The zero-order chi connectivity index (χ0) is 21.5. The molecule has 1 atom stereocenters. The number of likely N-dealkylation sites (N-methyl/N-ethyl adjacent to an activating group) is 2. The lowest BCUT2D eigenvalue weighted by atomic mass is 9.93. The largest absolute Gasteiger partial charge is 0.431 e. The maximum absolute atomic E-state index is 13.2. The summed E-state index contributed by atoms with van der Waals surface area (Å²) >= 11 is 0. The van der Waals surface area contributed by atoms with Gasteiger partial charge in [0, 0.05) is 25.7 Å². The molecule has 0 bridgehead atoms. The minimum absolute atomic E-state index is 0.000121. The molecular formula is C17H16F6N4O. The van der Waals surface area contributed by atoms with Crippen molar-refractivity contribution < 1.29 is 31.1 Å². The molecule has 1 unspecified atom stereocenters. The van der Waals surface area contributed by atoms with Gasteiger partial charge in [-0.3, -0.25) is 9.80 Å². The number of alkyl halides is 6. The van der Waals surface area contributed by atoms with Crippen LogP contribution in [0.25, 0.3) is 4.85 Å². The molecule has 2 rings (SSSR count). The van der Waals surface area contributed by atoms with Crippen LogP contribution in [0.5, 0.6) is 0 Å². The molecule has 1 aromatic carbocycles. The summed E-state index contributed by atoms with van der Waals surface area (Å²) in [6.45, 7) is 9.62. The van der Waals surface area contributed by atoms with Crippen molar-refractivity contribution in [2.24, 2.45) is 5.10 Å². The Morgan fingerprint density at radius 2 is 1.89 bits per heavy atom. The zero-order valence-electron chi connectivity index (χ0n) is 15.1. The molecule has 0 radical (unpaired) electrons. The summed E-state index contributed by atoms with van der Waals surface area (Å²) in [5.74, 6) is -0.846. The topological polar surface area (TPSA) is 40.3 Å². The first kappa shape index (κ1) is 21.5. The Morgan fingerprint density at radius 1 is 1.29 bits per heavy atom. The van der Waals surface area contributed by atoms with Crippen molar-refractivity contribution in [3.05, 3.63) is 35.2 Å². The fraction of sp³-hybridized carbons (Fsp3) is 0.471. The number of carbonyl (C=O) groups excluding carboxylic acids is 1. The number of amides is 1. The highest BCUT2D eigenvalue weighted by Gasteiger charge is 2.52. The summed E-state index contributed by atoms with van der Waals surface area (Å²) in [6.07, 6.45) is -10.3. The van der Waals surface area contributed by atoms with Crippen LogP contribution in [-0.4, -0.2) is 41.9 Å². The first-order valence-electron chi connectivity index (χ1n) is 8.05. The Hall–Kier alpha value is -2.77. The molecule has 0 spiro atoms. The van der Waals surface area contributed by atoms with Crippen molar-refractivity contribution in [2.75, 3.05) is 18.5 Å². The van der Waals surface area contributed by atoms with Gasteiger partial charge in [0.05, 0.1) is 12.1 Å². The number of halogens is 6. The Labute approximate surface area is 157 Å². The van der Waals surface area contributed by atoms with Crippen molar-refractivity contribution >= 4 is 23.0 Å². The number of rotatable bonds is 3. The molecule has 152 valence electrons. The third-order valence-electron chi connectivity index (χ3n) is 4.51. The third kappa shape index (κ3) is 3.76. The number of hydrogen-bond acceptors (Lipinski definition) is 3. The van der Waals surface area contributed by atoms with Crippen LogP contribution in [0, 0.1) is 6.57 Å². The lowest BCUT2D eigenvalue weighted by Crippen LogP contribution is -2.53. The van der Waals surface area contributed by atoms with Gasteiger partial charge in [-0.25, -0.2) is 4.85 Å². The fourth-order valence-corrected chi connectivity index (χ4v) is 3.01. The maximum Gasteiger partial charge on any atom is 0.431 e. The average Bonchev–Trinajstić information content (AvgIpc) is 2.97. The number of hydrazone groups is 1. The quantitative estimate of drug-likeness (QED) is 0.543. The molecule has 0 saturated heterocycles. The third-order valence-corrected chi connectivity index (χ3v) is 4.51. The Balaban J connectivity index is 2.41. The van der Waals surface area contributed by atoms with Crippen LogP contribution in [0.2, 0.25) is 0 Å². The SMILES string of the molecule is [C-]#[N+]c1ccc(N(C)C(=O)C2(C)CC(C(F)(F)F)=NN2CC)cc1C(F)(F)F. The molecule has 1 amide bonds. The standard InChI is InChI=1S/C17H16F6N4O/c1-5-27-15(2,9-13(25-27)17(21,22)23)14(28)26(4)10-6-7-12(24-3)11(8-10)16(18,19)20/h6-8H,5,9H2,1-2,4H3. The second kappa shape index (κ2) is 7.00. The van der Waals surface area contributed by atoms with Crippen LogP contribution in [0.3, 0.4) is 0 Å². The van der Waals surface area contributed by atoms with Gasteiger partial charge in [0.15, 0.2) is 5.69 Å². The van der Waals surface area contributed by atoms with Crippen molar-refractivity contribution in [1.82, 2.24) is 5.01 Å². The van der Waals surface area contributed by atoms with Crippen LogP contribution in [0.15, 0.2) is 23.3 Å². The molecule has 1 aliphatic heterocycles. The van der Waals surface area contributed by atoms with Crippen LogP contribution in [0.4, 0.5) is 37.7 Å². The lowest BCUT2D eigenvalue weighted by molar-refractivity contribution is -0.137. The number of hydrogen-bond donors (Lipinski definition) is 0. The second-order valence-electron chi connectivity index (χ2n) is 6.39. The van der Waals surface area contributed by atoms with E-state index in [9.17, 15) is 31.1 Å². The fourth-order valence-electron chi connectivity index (χ4n) is 3.01. The predicted molar refractivity (Wildman–Crippen MR) is 90.0 cm³/mol. The Morgan fingerprint density at radius 3 is 2.36 bits per heavy atom. The summed E-state index contributed by atoms with van der Waals surface area (Å²) in [5, 5.41) is 4.45. The van der Waals surface area contributed by atoms with Gasteiger partial charge in [0.2, 0.25) is 0 Å². The monoisotopic (exact) mass is 406 g/mol. The van der Waals surface area contributed by atoms with E-state index in [0.29, 0.717) is 6.07 Å². The summed E-state index contributed by atoms with van der Waals surface area (Å²) in [6, 6.07) is 2.69. The maximum atomic E-state index is 13.2. The smallest absolute Gasteiger partial charge is 0.313 e. The van der Waals surface area contributed by atoms with Crippen LogP contribution < -0.4 is 4.90 Å². The van der Waals surface area contributed by atoms with E-state index >= 15 is 0 Å². The van der Waals surface area contributed by atoms with Crippen molar-refractivity contribution in [2.45, 2.75) is 38.2 Å². The molecule has 28 heavy (non-hydrogen) atoms. The van der Waals surface area contributed by atoms with Gasteiger partial charge < -0.3 is 4.90 Å². The Bertz CT molecular complexity index is 855. The highest BCUT2D eigenvalue weighted by atomic mass is 19.4. The average molecular weight is 406 g/mol. The zero-order valence-corrected chi connectivity index (χ0v) is 15.1. The predicted octanol–water partition coefficient (Wildman–Crippen LogP) is 4.62. The minimum atomic E-state index is -4.82. The molecule has 0 fully saturated rings. The molecule has 0 aliphatic carbocycles. The van der Waals surface area contributed by atoms with Gasteiger partial charge in [-0.2, -0.15) is 31.4 Å². The van der Waals surface area contributed by atoms with Crippen molar-refractivity contribution in [3.63, 3.8) is 0 Å². The summed E-state index contributed by atoms with van der Waals surface area (Å²) in [5.41, 5.74) is -4.89. The van der Waals surface area contributed by atoms with E-state index < -0.39 is 47.2 Å². The first-order chi connectivity index (χ1) is 12.8. The molecule has 0 saturated carbocycles. The van der Waals surface area contributed by atoms with Gasteiger partial charge in [-0.1, -0.05) is 6.07 Å². The van der Waals surface area contributed by atoms with Crippen molar-refractivity contribution in [3.8, 4) is 0 Å². The van der Waals surface area contributed by atoms with Gasteiger partial charge in [-0.15, -0.1) is 0 Å². The highest BCUT2D eigenvalue weighted by Crippen LogP contribution is 2.40. The second-order valence-corrected chi connectivity index (χ2v) is 6.39. The molecule has 0 N–H and O–H groups in total. The van der Waals surface area contributed by atoms with E-state index in [1.54, 1.807) is 0 Å². The van der Waals surface area contributed by atoms with E-state index in [2.05, 4.69) is 9.95 Å². The molecule has 1 heterocycles. The number of nitrogens with zero attached hydrogens (tertiary/aromatic N) is 4. The van der Waals surface area contributed by atoms with Crippen LogP contribution in [0.1, 0.15) is 25.8 Å². The minimum Gasteiger partial charge on any atom is -0.313 e. The van der Waals surface area contributed by atoms with Crippen LogP contribution in [-0.2, 0) is 11.0 Å². The van der Waals surface area contributed by atoms with E-state index in [1.807, 2.05) is 0 Å². The van der Waals surface area contributed by atoms with E-state index in [4.69, 9.17) is 6.57 Å². The van der Waals surface area contributed by atoms with Crippen molar-refractivity contribution in [1.29, 1.82) is 0 Å². The normalized spacial score (nSPS) is 20.0. The summed E-state index contributed by atoms with van der Waals surface area (Å²) in [4.78, 5) is 16.6. The molecule has 5 nitrogen and oxygen atoms in total. The van der Waals surface area contributed by atoms with Gasteiger partial charge in [0.1, 0.15) is 11.3 Å². The van der Waals surface area contributed by atoms with E-state index in [0.717, 1.165) is 22.0 Å². The van der Waals surface area contributed by atoms with Gasteiger partial charge in [0.25, 0.3) is 5.91 Å². The first-order valence-corrected chi connectivity index (χ1v) is 8.05. The lowest BCUT2D eigenvalue weighted by Gasteiger charge is -2.35. The summed E-state index contributed by atoms with van der Waals surface area (Å²) < 4.78 is 78.6. The number of anilines is 1. The Kier molecular flexibility index (Phi) is 5.38. The van der Waals surface area contributed by atoms with Gasteiger partial charge in [-0.05, 0) is 26.0 Å². The van der Waals surface area contributed by atoms with Crippen LogP contribution >= 0.6 is 0 Å². The van der Waals surface area contributed by atoms with E-state index in [1.165, 1.54) is 20.9 Å². The molecule has 1 aromatic rings. The highest BCUT2D eigenvalue weighted by molar-refractivity contribution is 6.05.